The number of aryl methyl sites for hydroxylation is 1. The van der Waals surface area contributed by atoms with Crippen LogP contribution in [0.25, 0.3) is 5.69 Å². The maximum Gasteiger partial charge on any atom is 0.251 e. The predicted molar refractivity (Wildman–Crippen MR) is 84.1 cm³/mol. The molecule has 1 heterocycles. The van der Waals surface area contributed by atoms with E-state index in [4.69, 9.17) is 0 Å². The molecular weight excluding hydrogens is 290 g/mol. The van der Waals surface area contributed by atoms with Gasteiger partial charge in [0, 0.05) is 5.56 Å². The lowest BCUT2D eigenvalue weighted by Gasteiger charge is -2.14. The minimum Gasteiger partial charge on any atom is -0.345 e. The maximum atomic E-state index is 12.6. The van der Waals surface area contributed by atoms with Crippen LogP contribution in [0.3, 0.4) is 0 Å². The van der Waals surface area contributed by atoms with Crippen molar-refractivity contribution < 1.29 is 4.79 Å². The lowest BCUT2D eigenvalue weighted by molar-refractivity contribution is 0.0936. The summed E-state index contributed by atoms with van der Waals surface area (Å²) in [5.74, 6) is -0.0818. The third-order valence-corrected chi connectivity index (χ3v) is 4.16. The van der Waals surface area contributed by atoms with E-state index >= 15 is 0 Å². The molecule has 0 fully saturated rings. The van der Waals surface area contributed by atoms with Crippen LogP contribution in [0.4, 0.5) is 0 Å². The fourth-order valence-corrected chi connectivity index (χ4v) is 3.02. The van der Waals surface area contributed by atoms with Gasteiger partial charge in [-0.15, -0.1) is 5.10 Å². The highest BCUT2D eigenvalue weighted by molar-refractivity contribution is 5.95. The number of nitrogens with one attached hydrogen (secondary N) is 1. The van der Waals surface area contributed by atoms with E-state index in [1.54, 1.807) is 12.1 Å². The number of aromatic nitrogens is 4. The lowest BCUT2D eigenvalue weighted by Crippen LogP contribution is -2.27. The van der Waals surface area contributed by atoms with Crippen LogP contribution >= 0.6 is 0 Å². The van der Waals surface area contributed by atoms with Crippen LogP contribution in [0, 0.1) is 0 Å². The summed E-state index contributed by atoms with van der Waals surface area (Å²) in [5.41, 5.74) is 3.90. The second kappa shape index (κ2) is 5.64. The molecule has 6 nitrogen and oxygen atoms in total. The highest BCUT2D eigenvalue weighted by Gasteiger charge is 2.23. The zero-order chi connectivity index (χ0) is 15.6. The Morgan fingerprint density at radius 2 is 2.09 bits per heavy atom. The molecule has 0 spiro atoms. The quantitative estimate of drug-likeness (QED) is 0.804. The average Bonchev–Trinajstić information content (AvgIpc) is 3.25. The summed E-state index contributed by atoms with van der Waals surface area (Å²) in [4.78, 5) is 12.6. The van der Waals surface area contributed by atoms with Crippen LogP contribution in [0.15, 0.2) is 54.9 Å². The lowest BCUT2D eigenvalue weighted by atomic mass is 10.1. The van der Waals surface area contributed by atoms with Crippen LogP contribution < -0.4 is 5.32 Å². The van der Waals surface area contributed by atoms with E-state index < -0.39 is 0 Å². The predicted octanol–water partition coefficient (Wildman–Crippen LogP) is 2.08. The van der Waals surface area contributed by atoms with Gasteiger partial charge in [-0.1, -0.05) is 30.3 Å². The van der Waals surface area contributed by atoms with Gasteiger partial charge in [0.2, 0.25) is 0 Å². The molecule has 1 atom stereocenters. The summed E-state index contributed by atoms with van der Waals surface area (Å²) >= 11 is 0. The van der Waals surface area contributed by atoms with Crippen LogP contribution in [0.5, 0.6) is 0 Å². The largest absolute Gasteiger partial charge is 0.345 e. The van der Waals surface area contributed by atoms with Gasteiger partial charge in [-0.05, 0) is 52.6 Å². The number of benzene rings is 2. The van der Waals surface area contributed by atoms with Crippen molar-refractivity contribution in [1.82, 2.24) is 25.5 Å². The van der Waals surface area contributed by atoms with Crippen molar-refractivity contribution in [2.24, 2.45) is 0 Å². The molecule has 0 saturated carbocycles. The van der Waals surface area contributed by atoms with Crippen molar-refractivity contribution >= 4 is 5.91 Å². The fraction of sp³-hybridized carbons (Fsp3) is 0.176. The summed E-state index contributed by atoms with van der Waals surface area (Å²) < 4.78 is 1.53. The number of tetrazole rings is 1. The summed E-state index contributed by atoms with van der Waals surface area (Å²) in [6.07, 6.45) is 3.45. The Morgan fingerprint density at radius 1 is 1.17 bits per heavy atom. The van der Waals surface area contributed by atoms with Crippen LogP contribution in [0.2, 0.25) is 0 Å². The molecule has 1 amide bonds. The number of carbonyl (C=O) groups excluding carboxylic acids is 1. The second-order valence-corrected chi connectivity index (χ2v) is 5.57. The van der Waals surface area contributed by atoms with Gasteiger partial charge in [0.25, 0.3) is 5.91 Å². The second-order valence-electron chi connectivity index (χ2n) is 5.57. The standard InChI is InChI=1S/C17H15N5O/c23-17(19-16-9-8-12-4-1-2-7-15(12)16)13-5-3-6-14(10-13)22-11-18-20-21-22/h1-7,10-11,16H,8-9H2,(H,19,23). The average molecular weight is 305 g/mol. The molecule has 1 unspecified atom stereocenters. The van der Waals surface area contributed by atoms with Gasteiger partial charge >= 0.3 is 0 Å². The summed E-state index contributed by atoms with van der Waals surface area (Å²) in [6.45, 7) is 0. The number of fused-ring (bicyclic) bond motifs is 1. The number of carbonyl (C=O) groups is 1. The Kier molecular flexibility index (Phi) is 3.34. The summed E-state index contributed by atoms with van der Waals surface area (Å²) in [7, 11) is 0. The number of nitrogens with zero attached hydrogens (tertiary/aromatic N) is 4. The first-order chi connectivity index (χ1) is 11.3. The molecule has 4 rings (SSSR count). The van der Waals surface area contributed by atoms with E-state index in [-0.39, 0.29) is 11.9 Å². The maximum absolute atomic E-state index is 12.6. The topological polar surface area (TPSA) is 72.7 Å². The van der Waals surface area contributed by atoms with Gasteiger partial charge in [-0.2, -0.15) is 0 Å². The minimum absolute atomic E-state index is 0.0791. The molecule has 0 aliphatic heterocycles. The number of amides is 1. The first-order valence-corrected chi connectivity index (χ1v) is 7.53. The first-order valence-electron chi connectivity index (χ1n) is 7.53. The van der Waals surface area contributed by atoms with Crippen molar-refractivity contribution in [3.05, 3.63) is 71.5 Å². The van der Waals surface area contributed by atoms with Gasteiger partial charge in [0.1, 0.15) is 6.33 Å². The van der Waals surface area contributed by atoms with E-state index in [9.17, 15) is 4.79 Å². The normalized spacial score (nSPS) is 16.1. The van der Waals surface area contributed by atoms with Crippen molar-refractivity contribution in [3.8, 4) is 5.69 Å². The SMILES string of the molecule is O=C(NC1CCc2ccccc21)c1cccc(-n2cnnn2)c1. The monoisotopic (exact) mass is 305 g/mol. The third kappa shape index (κ3) is 2.59. The molecule has 23 heavy (non-hydrogen) atoms. The van der Waals surface area contributed by atoms with Gasteiger partial charge in [0.15, 0.2) is 0 Å². The Labute approximate surface area is 133 Å². The number of hydrogen-bond donors (Lipinski definition) is 1. The number of hydrogen-bond acceptors (Lipinski definition) is 4. The Balaban J connectivity index is 1.55. The molecule has 6 heteroatoms. The zero-order valence-corrected chi connectivity index (χ0v) is 12.4. The Bertz CT molecular complexity index is 844. The fourth-order valence-electron chi connectivity index (χ4n) is 3.02. The van der Waals surface area contributed by atoms with Gasteiger partial charge < -0.3 is 5.32 Å². The van der Waals surface area contributed by atoms with Gasteiger partial charge in [-0.3, -0.25) is 4.79 Å². The molecule has 1 aliphatic carbocycles. The molecule has 2 aromatic carbocycles. The van der Waals surface area contributed by atoms with E-state index in [0.717, 1.165) is 18.5 Å². The van der Waals surface area contributed by atoms with Crippen LogP contribution in [0.1, 0.15) is 33.9 Å². The zero-order valence-electron chi connectivity index (χ0n) is 12.4. The molecule has 0 bridgehead atoms. The molecular formula is C17H15N5O. The van der Waals surface area contributed by atoms with Gasteiger partial charge in [0.05, 0.1) is 11.7 Å². The highest BCUT2D eigenvalue weighted by Crippen LogP contribution is 2.30. The molecule has 0 radical (unpaired) electrons. The van der Waals surface area contributed by atoms with E-state index in [2.05, 4.69) is 33.0 Å². The minimum atomic E-state index is -0.0818. The number of rotatable bonds is 3. The molecule has 1 N–H and O–H groups in total. The third-order valence-electron chi connectivity index (χ3n) is 4.16. The van der Waals surface area contributed by atoms with Crippen molar-refractivity contribution in [2.75, 3.05) is 0 Å². The molecule has 0 saturated heterocycles. The van der Waals surface area contributed by atoms with Crippen molar-refractivity contribution in [1.29, 1.82) is 0 Å². The van der Waals surface area contributed by atoms with E-state index in [1.807, 2.05) is 24.3 Å². The highest BCUT2D eigenvalue weighted by atomic mass is 16.1. The Hall–Kier alpha value is -3.02. The summed E-state index contributed by atoms with van der Waals surface area (Å²) in [6, 6.07) is 15.6. The van der Waals surface area contributed by atoms with Crippen LogP contribution in [-0.4, -0.2) is 26.1 Å². The molecule has 114 valence electrons. The molecule has 1 aliphatic rings. The first kappa shape index (κ1) is 13.6. The molecule has 3 aromatic rings. The summed E-state index contributed by atoms with van der Waals surface area (Å²) in [5, 5.41) is 14.2. The van der Waals surface area contributed by atoms with Crippen molar-refractivity contribution in [3.63, 3.8) is 0 Å². The smallest absolute Gasteiger partial charge is 0.251 e. The Morgan fingerprint density at radius 3 is 2.96 bits per heavy atom. The van der Waals surface area contributed by atoms with E-state index in [1.165, 1.54) is 22.1 Å². The molecule has 1 aromatic heterocycles. The van der Waals surface area contributed by atoms with E-state index in [0.29, 0.717) is 5.56 Å². The van der Waals surface area contributed by atoms with Gasteiger partial charge in [-0.25, -0.2) is 4.68 Å². The van der Waals surface area contributed by atoms with Crippen molar-refractivity contribution in [2.45, 2.75) is 18.9 Å². The van der Waals surface area contributed by atoms with Crippen LogP contribution in [-0.2, 0) is 6.42 Å².